The van der Waals surface area contributed by atoms with E-state index in [-0.39, 0.29) is 6.04 Å². The fourth-order valence-electron chi connectivity index (χ4n) is 2.12. The van der Waals surface area contributed by atoms with Crippen molar-refractivity contribution < 1.29 is 4.74 Å². The molecule has 6 heteroatoms. The molecule has 1 aliphatic carbocycles. The molecule has 1 fully saturated rings. The highest BCUT2D eigenvalue weighted by Gasteiger charge is 2.23. The Bertz CT molecular complexity index is 388. The van der Waals surface area contributed by atoms with Crippen LogP contribution in [0.3, 0.4) is 0 Å². The third kappa shape index (κ3) is 2.98. The highest BCUT2D eigenvalue weighted by Crippen LogP contribution is 2.26. The number of hydrogen-bond acceptors (Lipinski definition) is 5. The van der Waals surface area contributed by atoms with Crippen LogP contribution in [0.25, 0.3) is 0 Å². The number of nitrogens with one attached hydrogen (secondary N) is 1. The van der Waals surface area contributed by atoms with E-state index in [9.17, 15) is 0 Å². The van der Waals surface area contributed by atoms with E-state index in [0.29, 0.717) is 22.8 Å². The summed E-state index contributed by atoms with van der Waals surface area (Å²) in [6, 6.07) is 0.595. The van der Waals surface area contributed by atoms with Gasteiger partial charge in [-0.1, -0.05) is 18.0 Å². The summed E-state index contributed by atoms with van der Waals surface area (Å²) >= 11 is 6.00. The Morgan fingerprint density at radius 2 is 2.41 bits per heavy atom. The first-order chi connectivity index (χ1) is 8.20. The molecule has 2 rings (SSSR count). The molecule has 17 heavy (non-hydrogen) atoms. The number of ether oxygens (including phenoxy) is 1. The summed E-state index contributed by atoms with van der Waals surface area (Å²) in [5, 5.41) is 3.71. The second-order valence-electron chi connectivity index (χ2n) is 4.29. The quantitative estimate of drug-likeness (QED) is 0.858. The summed E-state index contributed by atoms with van der Waals surface area (Å²) in [4.78, 5) is 8.08. The van der Waals surface area contributed by atoms with Crippen LogP contribution < -0.4 is 15.8 Å². The first-order valence-corrected chi connectivity index (χ1v) is 6.14. The van der Waals surface area contributed by atoms with Gasteiger partial charge in [-0.3, -0.25) is 0 Å². The van der Waals surface area contributed by atoms with E-state index in [1.54, 1.807) is 0 Å². The van der Waals surface area contributed by atoms with Gasteiger partial charge in [0.2, 0.25) is 0 Å². The van der Waals surface area contributed by atoms with Crippen LogP contribution in [0.15, 0.2) is 6.20 Å². The van der Waals surface area contributed by atoms with E-state index < -0.39 is 0 Å². The van der Waals surface area contributed by atoms with Crippen molar-refractivity contribution in [1.29, 1.82) is 0 Å². The zero-order chi connectivity index (χ0) is 12.3. The number of halogens is 1. The van der Waals surface area contributed by atoms with Gasteiger partial charge in [-0.15, -0.1) is 0 Å². The maximum absolute atomic E-state index is 6.01. The zero-order valence-electron chi connectivity index (χ0n) is 9.82. The Labute approximate surface area is 106 Å². The largest absolute Gasteiger partial charge is 0.467 e. The van der Waals surface area contributed by atoms with E-state index in [1.807, 2.05) is 0 Å². The van der Waals surface area contributed by atoms with Gasteiger partial charge in [-0.05, 0) is 18.8 Å². The van der Waals surface area contributed by atoms with Gasteiger partial charge in [0.15, 0.2) is 5.82 Å². The van der Waals surface area contributed by atoms with Crippen LogP contribution in [-0.4, -0.2) is 29.7 Å². The van der Waals surface area contributed by atoms with Crippen molar-refractivity contribution in [3.8, 4) is 6.01 Å². The Morgan fingerprint density at radius 1 is 1.59 bits per heavy atom. The van der Waals surface area contributed by atoms with Gasteiger partial charge < -0.3 is 15.8 Å². The van der Waals surface area contributed by atoms with Crippen LogP contribution in [0, 0.1) is 5.92 Å². The number of hydrogen-bond donors (Lipinski definition) is 2. The van der Waals surface area contributed by atoms with Crippen molar-refractivity contribution in [3.63, 3.8) is 0 Å². The Morgan fingerprint density at radius 3 is 3.06 bits per heavy atom. The van der Waals surface area contributed by atoms with Crippen LogP contribution in [0.5, 0.6) is 6.01 Å². The predicted molar refractivity (Wildman–Crippen MR) is 67.4 cm³/mol. The number of nitrogens with zero attached hydrogens (tertiary/aromatic N) is 2. The minimum absolute atomic E-state index is 0.282. The summed E-state index contributed by atoms with van der Waals surface area (Å²) in [7, 11) is 1.53. The minimum atomic E-state index is 0.282. The molecular formula is C11H17ClN4O. The molecule has 94 valence electrons. The molecule has 1 aromatic rings. The molecule has 5 nitrogen and oxygen atoms in total. The van der Waals surface area contributed by atoms with Gasteiger partial charge in [0, 0.05) is 12.6 Å². The predicted octanol–water partition coefficient (Wildman–Crippen LogP) is 1.68. The van der Waals surface area contributed by atoms with Gasteiger partial charge in [-0.2, -0.15) is 4.98 Å². The summed E-state index contributed by atoms with van der Waals surface area (Å²) in [6.07, 6.45) is 5.00. The lowest BCUT2D eigenvalue weighted by Gasteiger charge is -2.16. The number of aromatic nitrogens is 2. The number of anilines is 1. The number of nitrogens with two attached hydrogens (primary N) is 1. The lowest BCUT2D eigenvalue weighted by molar-refractivity contribution is 0.380. The van der Waals surface area contributed by atoms with Crippen LogP contribution in [0.2, 0.25) is 5.02 Å². The molecule has 1 aliphatic rings. The Kier molecular flexibility index (Phi) is 4.02. The van der Waals surface area contributed by atoms with E-state index >= 15 is 0 Å². The van der Waals surface area contributed by atoms with Gasteiger partial charge >= 0.3 is 6.01 Å². The maximum Gasteiger partial charge on any atom is 0.318 e. The third-order valence-electron chi connectivity index (χ3n) is 3.15. The first-order valence-electron chi connectivity index (χ1n) is 5.76. The standard InChI is InChI=1S/C11H17ClN4O/c1-17-11-15-6-8(12)10(16-11)14-5-7-3-2-4-9(7)13/h6-7,9H,2-5,13H2,1H3,(H,14,15,16). The van der Waals surface area contributed by atoms with Crippen molar-refractivity contribution in [2.24, 2.45) is 11.7 Å². The van der Waals surface area contributed by atoms with Crippen LogP contribution >= 0.6 is 11.6 Å². The van der Waals surface area contributed by atoms with Crippen LogP contribution in [0.1, 0.15) is 19.3 Å². The summed E-state index contributed by atoms with van der Waals surface area (Å²) in [6.45, 7) is 0.793. The molecule has 0 aliphatic heterocycles. The fourth-order valence-corrected chi connectivity index (χ4v) is 2.28. The van der Waals surface area contributed by atoms with Crippen molar-refractivity contribution >= 4 is 17.4 Å². The van der Waals surface area contributed by atoms with Gasteiger partial charge in [0.1, 0.15) is 5.02 Å². The SMILES string of the molecule is COc1ncc(Cl)c(NCC2CCCC2N)n1. The van der Waals surface area contributed by atoms with Crippen molar-refractivity contribution in [1.82, 2.24) is 9.97 Å². The van der Waals surface area contributed by atoms with E-state index in [0.717, 1.165) is 19.4 Å². The first kappa shape index (κ1) is 12.4. The molecule has 0 amide bonds. The fraction of sp³-hybridized carbons (Fsp3) is 0.636. The molecule has 0 saturated heterocycles. The smallest absolute Gasteiger partial charge is 0.318 e. The average molecular weight is 257 g/mol. The second-order valence-corrected chi connectivity index (χ2v) is 4.70. The topological polar surface area (TPSA) is 73.1 Å². The highest BCUT2D eigenvalue weighted by atomic mass is 35.5. The summed E-state index contributed by atoms with van der Waals surface area (Å²) < 4.78 is 4.96. The average Bonchev–Trinajstić information content (AvgIpc) is 2.74. The third-order valence-corrected chi connectivity index (χ3v) is 3.43. The van der Waals surface area contributed by atoms with Gasteiger partial charge in [0.05, 0.1) is 13.3 Å². The lowest BCUT2D eigenvalue weighted by Crippen LogP contribution is -2.29. The number of methoxy groups -OCH3 is 1. The molecular weight excluding hydrogens is 240 g/mol. The van der Waals surface area contributed by atoms with E-state index in [4.69, 9.17) is 22.1 Å². The molecule has 2 atom stereocenters. The van der Waals surface area contributed by atoms with Crippen LogP contribution in [0.4, 0.5) is 5.82 Å². The van der Waals surface area contributed by atoms with E-state index in [2.05, 4.69) is 15.3 Å². The molecule has 2 unspecified atom stereocenters. The minimum Gasteiger partial charge on any atom is -0.467 e. The lowest BCUT2D eigenvalue weighted by atomic mass is 10.1. The molecule has 3 N–H and O–H groups in total. The Balaban J connectivity index is 1.98. The van der Waals surface area contributed by atoms with E-state index in [1.165, 1.54) is 19.7 Å². The number of rotatable bonds is 4. The van der Waals surface area contributed by atoms with Crippen LogP contribution in [-0.2, 0) is 0 Å². The maximum atomic E-state index is 6.01. The monoisotopic (exact) mass is 256 g/mol. The normalized spacial score (nSPS) is 23.7. The molecule has 1 aromatic heterocycles. The Hall–Kier alpha value is -1.07. The van der Waals surface area contributed by atoms with Crippen molar-refractivity contribution in [2.45, 2.75) is 25.3 Å². The molecule has 0 spiro atoms. The van der Waals surface area contributed by atoms with Gasteiger partial charge in [-0.25, -0.2) is 4.98 Å². The van der Waals surface area contributed by atoms with Crippen molar-refractivity contribution in [2.75, 3.05) is 19.0 Å². The molecule has 0 aromatic carbocycles. The molecule has 1 heterocycles. The molecule has 1 saturated carbocycles. The molecule has 0 bridgehead atoms. The highest BCUT2D eigenvalue weighted by molar-refractivity contribution is 6.32. The van der Waals surface area contributed by atoms with Crippen molar-refractivity contribution in [3.05, 3.63) is 11.2 Å². The molecule has 0 radical (unpaired) electrons. The summed E-state index contributed by atoms with van der Waals surface area (Å²) in [5.74, 6) is 1.10. The van der Waals surface area contributed by atoms with Gasteiger partial charge in [0.25, 0.3) is 0 Å². The second kappa shape index (κ2) is 5.51. The zero-order valence-corrected chi connectivity index (χ0v) is 10.6. The summed E-state index contributed by atoms with van der Waals surface area (Å²) in [5.41, 5.74) is 6.01.